The van der Waals surface area contributed by atoms with Crippen LogP contribution in [0.15, 0.2) is 60.9 Å². The van der Waals surface area contributed by atoms with Crippen LogP contribution in [0.3, 0.4) is 0 Å². The van der Waals surface area contributed by atoms with Crippen LogP contribution in [0.1, 0.15) is 116 Å². The van der Waals surface area contributed by atoms with Gasteiger partial charge in [0.25, 0.3) is 5.91 Å². The molecule has 3 aliphatic heterocycles. The minimum absolute atomic E-state index is 0.0302. The predicted molar refractivity (Wildman–Crippen MR) is 273 cm³/mol. The maximum Gasteiger partial charge on any atom is 0.250 e. The maximum atomic E-state index is 12.5. The Hall–Kier alpha value is -5.73. The molecule has 1 aliphatic carbocycles. The number of aliphatic hydroxyl groups is 1. The Morgan fingerprint density at radius 1 is 0.914 bits per heavy atom. The molecule has 4 aromatic heterocycles. The van der Waals surface area contributed by atoms with E-state index in [0.717, 1.165) is 169 Å². The number of benzene rings is 1. The molecule has 0 spiro atoms. The molecule has 70 heavy (non-hydrogen) atoms. The van der Waals surface area contributed by atoms with Gasteiger partial charge in [-0.05, 0) is 113 Å². The van der Waals surface area contributed by atoms with E-state index in [9.17, 15) is 15.2 Å². The number of rotatable bonds is 19. The maximum absolute atomic E-state index is 12.5. The number of piperidine rings is 2. The van der Waals surface area contributed by atoms with Gasteiger partial charge in [0, 0.05) is 114 Å². The fourth-order valence-electron chi connectivity index (χ4n) is 10.9. The van der Waals surface area contributed by atoms with Crippen molar-refractivity contribution in [3.63, 3.8) is 0 Å². The number of aryl methyl sites for hydroxylation is 1. The van der Waals surface area contributed by atoms with Crippen molar-refractivity contribution in [2.75, 3.05) is 87.2 Å². The number of aliphatic hydroxyl groups excluding tert-OH is 1. The minimum atomic E-state index is -0.433. The van der Waals surface area contributed by atoms with E-state index in [1.807, 2.05) is 35.1 Å². The van der Waals surface area contributed by atoms with Gasteiger partial charge in [-0.15, -0.1) is 0 Å². The normalized spacial score (nSPS) is 20.6. The van der Waals surface area contributed by atoms with Crippen molar-refractivity contribution in [1.82, 2.24) is 34.4 Å². The fraction of sp³-hybridized carbons (Fsp3) is 0.547. The number of fused-ring (bicyclic) bond motifs is 1. The number of nitrogens with zero attached hydrogens (tertiary/aromatic N) is 10. The molecule has 4 fully saturated rings. The lowest BCUT2D eigenvalue weighted by Crippen LogP contribution is -2.49. The van der Waals surface area contributed by atoms with Crippen molar-refractivity contribution in [2.24, 2.45) is 11.7 Å². The lowest BCUT2D eigenvalue weighted by Gasteiger charge is -2.39. The van der Waals surface area contributed by atoms with Gasteiger partial charge in [-0.25, -0.2) is 15.0 Å². The number of piperazine rings is 1. The highest BCUT2D eigenvalue weighted by atomic mass is 35.5. The first-order valence-electron chi connectivity index (χ1n) is 25.7. The first-order chi connectivity index (χ1) is 34.2. The van der Waals surface area contributed by atoms with Crippen molar-refractivity contribution in [3.8, 4) is 17.7 Å². The molecule has 4 N–H and O–H groups in total. The van der Waals surface area contributed by atoms with E-state index in [4.69, 9.17) is 36.8 Å². The summed E-state index contributed by atoms with van der Waals surface area (Å²) in [6.07, 6.45) is 15.3. The Balaban J connectivity index is 0.677. The zero-order valence-corrected chi connectivity index (χ0v) is 41.4. The molecule has 9 rings (SSSR count). The van der Waals surface area contributed by atoms with Gasteiger partial charge in [0.15, 0.2) is 5.65 Å². The number of nitrogens with one attached hydrogen (secondary N) is 1. The topological polar surface area (TPSA) is 187 Å². The predicted octanol–water partition coefficient (Wildman–Crippen LogP) is 7.47. The smallest absolute Gasteiger partial charge is 0.250 e. The standard InChI is InChI=1S/C53H69ClN12O4/c1-2-39-35-59-66-48(31-49(61-53(39)66)65-21-4-3-6-42(65)19-28-67)57-33-38-7-16-50(58-34-38)69-29-5-20-62-24-26-63(27-25-62)36-37-17-22-64(23-18-37)47-15-14-45(52(56)68)51(60-47)40-8-11-43(12-9-40)70-44-13-10-41(32-55)46(54)30-44/h7,10,13-16,30-31,34-35,37,40,42-43,57,67H,2-6,8-9,11-12,17-29,33,36H2,1H3,(H2,56,68)/t40?,42-,43?/m1/s1. The Morgan fingerprint density at radius 3 is 2.46 bits per heavy atom. The summed E-state index contributed by atoms with van der Waals surface area (Å²) < 4.78 is 14.2. The Kier molecular flexibility index (Phi) is 16.5. The van der Waals surface area contributed by atoms with Crippen molar-refractivity contribution in [3.05, 3.63) is 93.9 Å². The van der Waals surface area contributed by atoms with Crippen LogP contribution in [-0.4, -0.2) is 130 Å². The van der Waals surface area contributed by atoms with Crippen molar-refractivity contribution < 1.29 is 19.4 Å². The van der Waals surface area contributed by atoms with Crippen LogP contribution in [0.25, 0.3) is 5.65 Å². The average molecular weight is 974 g/mol. The number of pyridine rings is 2. The number of hydrogen-bond acceptors (Lipinski definition) is 14. The van der Waals surface area contributed by atoms with Crippen molar-refractivity contribution >= 4 is 40.6 Å². The molecule has 5 aromatic rings. The first kappa shape index (κ1) is 49.3. The second-order valence-electron chi connectivity index (χ2n) is 19.6. The number of halogens is 1. The van der Waals surface area contributed by atoms with Gasteiger partial charge in [0.05, 0.1) is 40.8 Å². The monoisotopic (exact) mass is 973 g/mol. The number of hydrogen-bond donors (Lipinski definition) is 3. The van der Waals surface area contributed by atoms with Gasteiger partial charge in [-0.1, -0.05) is 24.6 Å². The van der Waals surface area contributed by atoms with E-state index in [1.165, 1.54) is 6.42 Å². The molecular weight excluding hydrogens is 904 g/mol. The van der Waals surface area contributed by atoms with Crippen LogP contribution in [0.2, 0.25) is 5.02 Å². The van der Waals surface area contributed by atoms with Crippen LogP contribution in [0, 0.1) is 17.2 Å². The number of ether oxygens (including phenoxy) is 2. The van der Waals surface area contributed by atoms with E-state index in [-0.39, 0.29) is 24.7 Å². The highest BCUT2D eigenvalue weighted by Crippen LogP contribution is 2.37. The van der Waals surface area contributed by atoms with Gasteiger partial charge in [-0.2, -0.15) is 14.9 Å². The van der Waals surface area contributed by atoms with Crippen LogP contribution in [0.4, 0.5) is 17.5 Å². The number of nitrogens with two attached hydrogens (primary N) is 1. The molecule has 372 valence electrons. The zero-order chi connectivity index (χ0) is 48.4. The molecule has 1 saturated carbocycles. The van der Waals surface area contributed by atoms with Crippen molar-refractivity contribution in [2.45, 2.75) is 109 Å². The van der Waals surface area contributed by atoms with Gasteiger partial charge >= 0.3 is 0 Å². The van der Waals surface area contributed by atoms with E-state index >= 15 is 0 Å². The second-order valence-corrected chi connectivity index (χ2v) is 20.0. The van der Waals surface area contributed by atoms with E-state index in [2.05, 4.69) is 60.1 Å². The number of carbonyl (C=O) groups is 1. The molecule has 0 radical (unpaired) electrons. The molecule has 1 atom stereocenters. The largest absolute Gasteiger partial charge is 0.490 e. The molecule has 16 nitrogen and oxygen atoms in total. The summed E-state index contributed by atoms with van der Waals surface area (Å²) in [6.45, 7) is 12.8. The number of primary amides is 1. The SMILES string of the molecule is CCc1cnn2c(NCc3ccc(OCCCN4CCN(CC5CCN(c6ccc(C(N)=O)c(C7CCC(Oc8ccc(C#N)c(Cl)c8)CC7)n6)CC5)CC4)nc3)cc(N3CCCC[C@@H]3CCO)nc12. The van der Waals surface area contributed by atoms with Gasteiger partial charge in [0.2, 0.25) is 5.88 Å². The number of aromatic nitrogens is 5. The van der Waals surface area contributed by atoms with Crippen LogP contribution < -0.4 is 30.3 Å². The first-order valence-corrected chi connectivity index (χ1v) is 26.1. The summed E-state index contributed by atoms with van der Waals surface area (Å²) in [7, 11) is 0. The zero-order valence-electron chi connectivity index (χ0n) is 40.7. The number of amides is 1. The van der Waals surface area contributed by atoms with Crippen LogP contribution in [0.5, 0.6) is 11.6 Å². The Morgan fingerprint density at radius 2 is 1.73 bits per heavy atom. The third kappa shape index (κ3) is 12.1. The molecule has 7 heterocycles. The van der Waals surface area contributed by atoms with Crippen molar-refractivity contribution in [1.29, 1.82) is 5.26 Å². The molecule has 0 unspecified atom stereocenters. The fourth-order valence-corrected chi connectivity index (χ4v) is 11.1. The lowest BCUT2D eigenvalue weighted by atomic mass is 9.83. The van der Waals surface area contributed by atoms with Crippen LogP contribution in [-0.2, 0) is 13.0 Å². The highest BCUT2D eigenvalue weighted by molar-refractivity contribution is 6.31. The molecular formula is C53H69ClN12O4. The lowest BCUT2D eigenvalue weighted by molar-refractivity contribution is 0.0997. The summed E-state index contributed by atoms with van der Waals surface area (Å²) in [5.74, 6) is 4.42. The Labute approximate surface area is 417 Å². The molecule has 1 aromatic carbocycles. The summed E-state index contributed by atoms with van der Waals surface area (Å²) in [5, 5.41) is 27.6. The van der Waals surface area contributed by atoms with E-state index in [0.29, 0.717) is 46.8 Å². The molecule has 1 amide bonds. The minimum Gasteiger partial charge on any atom is -0.490 e. The summed E-state index contributed by atoms with van der Waals surface area (Å²) >= 11 is 6.24. The molecule has 0 bridgehead atoms. The summed E-state index contributed by atoms with van der Waals surface area (Å²) in [5.41, 5.74) is 10.7. The van der Waals surface area contributed by atoms with Gasteiger partial charge in [0.1, 0.15) is 29.3 Å². The molecule has 17 heteroatoms. The van der Waals surface area contributed by atoms with E-state index < -0.39 is 5.91 Å². The Bertz CT molecular complexity index is 2560. The number of nitriles is 1. The van der Waals surface area contributed by atoms with Gasteiger partial charge in [-0.3, -0.25) is 4.79 Å². The summed E-state index contributed by atoms with van der Waals surface area (Å²) in [6, 6.07) is 17.5. The molecule has 3 saturated heterocycles. The highest BCUT2D eigenvalue weighted by Gasteiger charge is 2.30. The van der Waals surface area contributed by atoms with Gasteiger partial charge < -0.3 is 45.2 Å². The second kappa shape index (κ2) is 23.5. The van der Waals surface area contributed by atoms with E-state index in [1.54, 1.807) is 18.2 Å². The third-order valence-electron chi connectivity index (χ3n) is 15.0. The van der Waals surface area contributed by atoms with Crippen LogP contribution >= 0.6 is 11.6 Å². The average Bonchev–Trinajstić information content (AvgIpc) is 3.82. The number of carbonyl (C=O) groups excluding carboxylic acids is 1. The molecule has 4 aliphatic rings. The third-order valence-corrected chi connectivity index (χ3v) is 15.3. The summed E-state index contributed by atoms with van der Waals surface area (Å²) in [4.78, 5) is 37.3. The quantitative estimate of drug-likeness (QED) is 0.0692. The number of anilines is 3.